The van der Waals surface area contributed by atoms with E-state index in [1.165, 1.54) is 0 Å². The summed E-state index contributed by atoms with van der Waals surface area (Å²) in [6.45, 7) is 6.23. The monoisotopic (exact) mass is 258 g/mol. The number of aliphatic carboxylic acids is 1. The van der Waals surface area contributed by atoms with Gasteiger partial charge in [-0.05, 0) is 18.3 Å². The maximum atomic E-state index is 11.9. The molecule has 0 aliphatic carbocycles. The Morgan fingerprint density at radius 1 is 1.28 bits per heavy atom. The summed E-state index contributed by atoms with van der Waals surface area (Å²) in [5.74, 6) is -1.03. The van der Waals surface area contributed by atoms with E-state index in [1.54, 1.807) is 25.7 Å². The normalized spacial score (nSPS) is 19.4. The third-order valence-electron chi connectivity index (χ3n) is 3.13. The number of carboxylic acid groups (broad SMARTS) is 1. The van der Waals surface area contributed by atoms with Crippen LogP contribution in [0.15, 0.2) is 0 Å². The highest BCUT2D eigenvalue weighted by molar-refractivity contribution is 5.83. The molecule has 3 N–H and O–H groups in total. The van der Waals surface area contributed by atoms with Crippen LogP contribution in [0, 0.1) is 5.41 Å². The molecule has 0 saturated carbocycles. The number of rotatable bonds is 2. The van der Waals surface area contributed by atoms with Crippen LogP contribution in [0.3, 0.4) is 0 Å². The Labute approximate surface area is 107 Å². The van der Waals surface area contributed by atoms with E-state index in [2.05, 4.69) is 5.32 Å². The molecular weight excluding hydrogens is 236 g/mol. The third kappa shape index (κ3) is 3.87. The molecule has 0 bridgehead atoms. The number of carboxylic acids is 1. The maximum absolute atomic E-state index is 11.9. The fourth-order valence-corrected chi connectivity index (χ4v) is 1.93. The topological polar surface area (TPSA) is 89.9 Å². The van der Waals surface area contributed by atoms with Crippen LogP contribution in [-0.2, 0) is 4.79 Å². The fraction of sp³-hybridized carbons (Fsp3) is 0.833. The highest BCUT2D eigenvalue weighted by Crippen LogP contribution is 2.20. The summed E-state index contributed by atoms with van der Waals surface area (Å²) >= 11 is 0. The van der Waals surface area contributed by atoms with Gasteiger partial charge in [0.2, 0.25) is 0 Å². The summed E-state index contributed by atoms with van der Waals surface area (Å²) in [7, 11) is 0. The number of carbonyl (C=O) groups excluding carboxylic acids is 1. The van der Waals surface area contributed by atoms with Crippen molar-refractivity contribution in [2.45, 2.75) is 45.8 Å². The van der Waals surface area contributed by atoms with E-state index < -0.39 is 17.4 Å². The maximum Gasteiger partial charge on any atom is 0.326 e. The molecule has 0 spiro atoms. The first-order valence-electron chi connectivity index (χ1n) is 6.18. The molecule has 0 aromatic rings. The first-order valence-corrected chi connectivity index (χ1v) is 6.18. The number of amides is 2. The Morgan fingerprint density at radius 3 is 2.17 bits per heavy atom. The molecule has 104 valence electrons. The molecule has 18 heavy (non-hydrogen) atoms. The van der Waals surface area contributed by atoms with Crippen LogP contribution in [-0.4, -0.2) is 52.3 Å². The number of urea groups is 1. The average Bonchev–Trinajstić information content (AvgIpc) is 2.24. The van der Waals surface area contributed by atoms with Gasteiger partial charge in [0, 0.05) is 13.1 Å². The highest BCUT2D eigenvalue weighted by atomic mass is 16.4. The standard InChI is InChI=1S/C12H22N2O4/c1-12(2,3)9(10(16)17)13-11(18)14-6-4-8(15)5-7-14/h8-9,15H,4-7H2,1-3H3,(H,13,18)(H,16,17)/t9-/m0/s1. The van der Waals surface area contributed by atoms with Crippen molar-refractivity contribution in [3.63, 3.8) is 0 Å². The van der Waals surface area contributed by atoms with Gasteiger partial charge in [-0.3, -0.25) is 0 Å². The molecule has 0 aromatic carbocycles. The van der Waals surface area contributed by atoms with E-state index in [-0.39, 0.29) is 12.1 Å². The largest absolute Gasteiger partial charge is 0.480 e. The van der Waals surface area contributed by atoms with Gasteiger partial charge in [0.05, 0.1) is 6.10 Å². The number of nitrogens with zero attached hydrogens (tertiary/aromatic N) is 1. The highest BCUT2D eigenvalue weighted by Gasteiger charge is 2.34. The first-order chi connectivity index (χ1) is 8.21. The summed E-state index contributed by atoms with van der Waals surface area (Å²) < 4.78 is 0. The second kappa shape index (κ2) is 5.56. The lowest BCUT2D eigenvalue weighted by Crippen LogP contribution is -2.54. The fourth-order valence-electron chi connectivity index (χ4n) is 1.93. The van der Waals surface area contributed by atoms with Crippen molar-refractivity contribution in [1.82, 2.24) is 10.2 Å². The van der Waals surface area contributed by atoms with E-state index in [9.17, 15) is 14.7 Å². The number of aliphatic hydroxyl groups is 1. The minimum atomic E-state index is -1.03. The number of carbonyl (C=O) groups is 2. The zero-order chi connectivity index (χ0) is 13.9. The van der Waals surface area contributed by atoms with Gasteiger partial charge in [-0.25, -0.2) is 9.59 Å². The lowest BCUT2D eigenvalue weighted by molar-refractivity contribution is -0.142. The van der Waals surface area contributed by atoms with Gasteiger partial charge in [-0.1, -0.05) is 20.8 Å². The van der Waals surface area contributed by atoms with Crippen LogP contribution in [0.25, 0.3) is 0 Å². The predicted octanol–water partition coefficient (Wildman–Crippen LogP) is 0.652. The van der Waals surface area contributed by atoms with Gasteiger partial charge in [0.25, 0.3) is 0 Å². The summed E-state index contributed by atoms with van der Waals surface area (Å²) in [5, 5.41) is 21.0. The van der Waals surface area contributed by atoms with Crippen molar-refractivity contribution in [1.29, 1.82) is 0 Å². The quantitative estimate of drug-likeness (QED) is 0.678. The molecular formula is C12H22N2O4. The van der Waals surface area contributed by atoms with E-state index in [1.807, 2.05) is 0 Å². The van der Waals surface area contributed by atoms with Crippen molar-refractivity contribution in [2.24, 2.45) is 5.41 Å². The predicted molar refractivity (Wildman–Crippen MR) is 66.2 cm³/mol. The minimum absolute atomic E-state index is 0.355. The average molecular weight is 258 g/mol. The number of likely N-dealkylation sites (tertiary alicyclic amines) is 1. The van der Waals surface area contributed by atoms with Gasteiger partial charge >= 0.3 is 12.0 Å². The van der Waals surface area contributed by atoms with E-state index in [0.29, 0.717) is 25.9 Å². The van der Waals surface area contributed by atoms with Crippen LogP contribution in [0.1, 0.15) is 33.6 Å². The van der Waals surface area contributed by atoms with E-state index in [0.717, 1.165) is 0 Å². The Bertz CT molecular complexity index is 317. The molecule has 1 fully saturated rings. The molecule has 2 amide bonds. The summed E-state index contributed by atoms with van der Waals surface area (Å²) in [4.78, 5) is 24.6. The van der Waals surface area contributed by atoms with Crippen LogP contribution >= 0.6 is 0 Å². The van der Waals surface area contributed by atoms with Crippen molar-refractivity contribution >= 4 is 12.0 Å². The second-order valence-corrected chi connectivity index (χ2v) is 5.80. The van der Waals surface area contributed by atoms with Crippen LogP contribution < -0.4 is 5.32 Å². The van der Waals surface area contributed by atoms with E-state index in [4.69, 9.17) is 5.11 Å². The Balaban J connectivity index is 2.59. The van der Waals surface area contributed by atoms with Crippen LogP contribution in [0.4, 0.5) is 4.79 Å². The lowest BCUT2D eigenvalue weighted by atomic mass is 9.87. The lowest BCUT2D eigenvalue weighted by Gasteiger charge is -2.33. The Kier molecular flexibility index (Phi) is 4.56. The molecule has 6 nitrogen and oxygen atoms in total. The van der Waals surface area contributed by atoms with Gasteiger partial charge < -0.3 is 20.4 Å². The summed E-state index contributed by atoms with van der Waals surface area (Å²) in [5.41, 5.74) is -0.545. The van der Waals surface area contributed by atoms with Gasteiger partial charge in [0.15, 0.2) is 0 Å². The Hall–Kier alpha value is -1.30. The van der Waals surface area contributed by atoms with Crippen LogP contribution in [0.2, 0.25) is 0 Å². The van der Waals surface area contributed by atoms with Crippen molar-refractivity contribution in [3.05, 3.63) is 0 Å². The molecule has 1 rings (SSSR count). The Morgan fingerprint density at radius 2 is 1.78 bits per heavy atom. The third-order valence-corrected chi connectivity index (χ3v) is 3.13. The second-order valence-electron chi connectivity index (χ2n) is 5.80. The SMILES string of the molecule is CC(C)(C)[C@@H](NC(=O)N1CCC(O)CC1)C(=O)O. The molecule has 0 radical (unpaired) electrons. The van der Waals surface area contributed by atoms with Gasteiger partial charge in [0.1, 0.15) is 6.04 Å². The van der Waals surface area contributed by atoms with E-state index >= 15 is 0 Å². The molecule has 6 heteroatoms. The molecule has 1 atom stereocenters. The minimum Gasteiger partial charge on any atom is -0.480 e. The molecule has 1 saturated heterocycles. The van der Waals surface area contributed by atoms with Crippen molar-refractivity contribution < 1.29 is 19.8 Å². The van der Waals surface area contributed by atoms with Crippen LogP contribution in [0.5, 0.6) is 0 Å². The molecule has 1 heterocycles. The smallest absolute Gasteiger partial charge is 0.326 e. The molecule has 0 aromatic heterocycles. The number of nitrogens with one attached hydrogen (secondary N) is 1. The first kappa shape index (κ1) is 14.8. The molecule has 0 unspecified atom stereocenters. The van der Waals surface area contributed by atoms with Gasteiger partial charge in [-0.15, -0.1) is 0 Å². The number of hydrogen-bond acceptors (Lipinski definition) is 3. The number of aliphatic hydroxyl groups excluding tert-OH is 1. The zero-order valence-corrected chi connectivity index (χ0v) is 11.1. The number of hydrogen-bond donors (Lipinski definition) is 3. The number of piperidine rings is 1. The molecule has 1 aliphatic rings. The zero-order valence-electron chi connectivity index (χ0n) is 11.1. The van der Waals surface area contributed by atoms with Gasteiger partial charge in [-0.2, -0.15) is 0 Å². The summed E-state index contributed by atoms with van der Waals surface area (Å²) in [6, 6.07) is -1.29. The molecule has 1 aliphatic heterocycles. The van der Waals surface area contributed by atoms with Crippen molar-refractivity contribution in [2.75, 3.05) is 13.1 Å². The van der Waals surface area contributed by atoms with Crippen molar-refractivity contribution in [3.8, 4) is 0 Å². The summed E-state index contributed by atoms with van der Waals surface area (Å²) in [6.07, 6.45) is 0.730.